The predicted molar refractivity (Wildman–Crippen MR) is 112 cm³/mol. The van der Waals surface area contributed by atoms with Crippen LogP contribution in [0.2, 0.25) is 0 Å². The van der Waals surface area contributed by atoms with Crippen molar-refractivity contribution in [2.24, 2.45) is 10.2 Å². The fourth-order valence-corrected chi connectivity index (χ4v) is 3.59. The highest BCUT2D eigenvalue weighted by molar-refractivity contribution is 7.12. The van der Waals surface area contributed by atoms with Gasteiger partial charge in [-0.25, -0.2) is 10.9 Å². The topological polar surface area (TPSA) is 82.9 Å². The van der Waals surface area contributed by atoms with E-state index in [0.717, 1.165) is 40.4 Å². The summed E-state index contributed by atoms with van der Waals surface area (Å²) in [5.41, 5.74) is 6.75. The number of nitrogens with zero attached hydrogens (tertiary/aromatic N) is 2. The zero-order chi connectivity index (χ0) is 19.5. The lowest BCUT2D eigenvalue weighted by molar-refractivity contribution is -0.121. The first-order valence-corrected chi connectivity index (χ1v) is 10.6. The van der Waals surface area contributed by atoms with E-state index in [0.29, 0.717) is 12.8 Å². The Morgan fingerprint density at radius 2 is 1.26 bits per heavy atom. The SMILES string of the molecule is C/C(=N\NC(=O)CCCCCC(=O)N/N=C(\C)c1cccs1)c1cccs1. The Hall–Kier alpha value is -2.32. The molecule has 0 unspecified atom stereocenters. The Labute approximate surface area is 167 Å². The van der Waals surface area contributed by atoms with Crippen molar-refractivity contribution in [2.75, 3.05) is 0 Å². The van der Waals surface area contributed by atoms with Crippen LogP contribution in [0.4, 0.5) is 0 Å². The quantitative estimate of drug-likeness (QED) is 0.354. The number of nitrogens with one attached hydrogen (secondary N) is 2. The van der Waals surface area contributed by atoms with Crippen molar-refractivity contribution >= 4 is 45.9 Å². The smallest absolute Gasteiger partial charge is 0.240 e. The molecule has 0 spiro atoms. The van der Waals surface area contributed by atoms with Crippen LogP contribution in [0.3, 0.4) is 0 Å². The standard InChI is InChI=1S/C19H24N4O2S2/c1-14(16-8-6-12-26-16)20-22-18(24)10-4-3-5-11-19(25)23-21-15(2)17-9-7-13-27-17/h6-9,12-13H,3-5,10-11H2,1-2H3,(H,22,24)(H,23,25)/b20-14+,21-15+. The van der Waals surface area contributed by atoms with Crippen molar-refractivity contribution < 1.29 is 9.59 Å². The maximum Gasteiger partial charge on any atom is 0.240 e. The Bertz CT molecular complexity index is 715. The number of amides is 2. The summed E-state index contributed by atoms with van der Waals surface area (Å²) in [4.78, 5) is 25.7. The van der Waals surface area contributed by atoms with E-state index in [9.17, 15) is 9.59 Å². The van der Waals surface area contributed by atoms with E-state index in [1.165, 1.54) is 0 Å². The fourth-order valence-electron chi connectivity index (χ4n) is 2.23. The fraction of sp³-hybridized carbons (Fsp3) is 0.368. The van der Waals surface area contributed by atoms with E-state index in [1.807, 2.05) is 48.9 Å². The van der Waals surface area contributed by atoms with Crippen molar-refractivity contribution in [3.8, 4) is 0 Å². The molecule has 6 nitrogen and oxygen atoms in total. The zero-order valence-corrected chi connectivity index (χ0v) is 17.2. The van der Waals surface area contributed by atoms with Crippen LogP contribution in [-0.2, 0) is 9.59 Å². The van der Waals surface area contributed by atoms with Gasteiger partial charge in [0.1, 0.15) is 0 Å². The molecule has 0 atom stereocenters. The third-order valence-corrected chi connectivity index (χ3v) is 5.72. The van der Waals surface area contributed by atoms with Crippen molar-refractivity contribution in [1.29, 1.82) is 0 Å². The molecule has 8 heteroatoms. The van der Waals surface area contributed by atoms with E-state index in [1.54, 1.807) is 22.7 Å². The molecule has 0 saturated heterocycles. The molecule has 0 fully saturated rings. The van der Waals surface area contributed by atoms with E-state index in [-0.39, 0.29) is 11.8 Å². The molecule has 0 aromatic carbocycles. The summed E-state index contributed by atoms with van der Waals surface area (Å²) < 4.78 is 0. The molecule has 0 aliphatic rings. The second-order valence-corrected chi connectivity index (χ2v) is 7.88. The maximum absolute atomic E-state index is 11.8. The van der Waals surface area contributed by atoms with Gasteiger partial charge in [-0.2, -0.15) is 10.2 Å². The average Bonchev–Trinajstić information content (AvgIpc) is 3.37. The van der Waals surface area contributed by atoms with E-state index >= 15 is 0 Å². The molecule has 2 heterocycles. The number of rotatable bonds is 10. The van der Waals surface area contributed by atoms with Gasteiger partial charge in [0.15, 0.2) is 0 Å². The summed E-state index contributed by atoms with van der Waals surface area (Å²) in [6, 6.07) is 7.83. The van der Waals surface area contributed by atoms with E-state index < -0.39 is 0 Å². The van der Waals surface area contributed by atoms with Gasteiger partial charge in [0.05, 0.1) is 11.4 Å². The van der Waals surface area contributed by atoms with Crippen molar-refractivity contribution in [1.82, 2.24) is 10.9 Å². The van der Waals surface area contributed by atoms with Crippen LogP contribution in [0, 0.1) is 0 Å². The van der Waals surface area contributed by atoms with Gasteiger partial charge in [0.2, 0.25) is 11.8 Å². The number of unbranched alkanes of at least 4 members (excludes halogenated alkanes) is 2. The third-order valence-electron chi connectivity index (χ3n) is 3.76. The van der Waals surface area contributed by atoms with Crippen LogP contribution in [-0.4, -0.2) is 23.2 Å². The zero-order valence-electron chi connectivity index (χ0n) is 15.5. The van der Waals surface area contributed by atoms with E-state index in [4.69, 9.17) is 0 Å². The Morgan fingerprint density at radius 1 is 0.815 bits per heavy atom. The van der Waals surface area contributed by atoms with Crippen LogP contribution < -0.4 is 10.9 Å². The van der Waals surface area contributed by atoms with Crippen LogP contribution in [0.5, 0.6) is 0 Å². The summed E-state index contributed by atoms with van der Waals surface area (Å²) in [5.74, 6) is -0.210. The Morgan fingerprint density at radius 3 is 1.63 bits per heavy atom. The molecule has 27 heavy (non-hydrogen) atoms. The van der Waals surface area contributed by atoms with Crippen LogP contribution >= 0.6 is 22.7 Å². The Kier molecular flexibility index (Phi) is 8.86. The minimum absolute atomic E-state index is 0.105. The van der Waals surface area contributed by atoms with Crippen molar-refractivity contribution in [2.45, 2.75) is 46.0 Å². The normalized spacial score (nSPS) is 12.1. The number of hydrogen-bond acceptors (Lipinski definition) is 6. The lowest BCUT2D eigenvalue weighted by Gasteiger charge is -2.03. The number of carbonyl (C=O) groups excluding carboxylic acids is 2. The molecule has 2 aromatic rings. The minimum Gasteiger partial charge on any atom is -0.273 e. The van der Waals surface area contributed by atoms with Gasteiger partial charge in [0.25, 0.3) is 0 Å². The summed E-state index contributed by atoms with van der Waals surface area (Å²) in [6.45, 7) is 3.74. The van der Waals surface area contributed by atoms with Gasteiger partial charge in [0, 0.05) is 22.6 Å². The predicted octanol–water partition coefficient (Wildman–Crippen LogP) is 4.14. The molecule has 2 aromatic heterocycles. The lowest BCUT2D eigenvalue weighted by Crippen LogP contribution is -2.19. The molecule has 0 bridgehead atoms. The summed E-state index contributed by atoms with van der Waals surface area (Å²) in [6.07, 6.45) is 3.06. The van der Waals surface area contributed by atoms with Crippen molar-refractivity contribution in [3.63, 3.8) is 0 Å². The molecule has 2 rings (SSSR count). The van der Waals surface area contributed by atoms with E-state index in [2.05, 4.69) is 21.1 Å². The molecule has 144 valence electrons. The summed E-state index contributed by atoms with van der Waals surface area (Å²) in [7, 11) is 0. The second-order valence-electron chi connectivity index (χ2n) is 5.98. The van der Waals surface area contributed by atoms with Gasteiger partial charge in [-0.15, -0.1) is 22.7 Å². The molecule has 0 aliphatic carbocycles. The van der Waals surface area contributed by atoms with Gasteiger partial charge in [-0.1, -0.05) is 18.6 Å². The molecule has 0 radical (unpaired) electrons. The summed E-state index contributed by atoms with van der Waals surface area (Å²) in [5, 5.41) is 12.2. The molecular weight excluding hydrogens is 380 g/mol. The molecule has 0 saturated carbocycles. The molecule has 2 N–H and O–H groups in total. The molecular formula is C19H24N4O2S2. The van der Waals surface area contributed by atoms with Crippen LogP contribution in [0.15, 0.2) is 45.2 Å². The monoisotopic (exact) mass is 404 g/mol. The van der Waals surface area contributed by atoms with Gasteiger partial charge in [-0.05, 0) is 49.6 Å². The highest BCUT2D eigenvalue weighted by Gasteiger charge is 2.04. The van der Waals surface area contributed by atoms with Crippen molar-refractivity contribution in [3.05, 3.63) is 44.8 Å². The molecule has 0 aliphatic heterocycles. The number of thiophene rings is 2. The first-order valence-electron chi connectivity index (χ1n) is 8.80. The third kappa shape index (κ3) is 7.84. The second kappa shape index (κ2) is 11.4. The maximum atomic E-state index is 11.8. The number of carbonyl (C=O) groups is 2. The first-order chi connectivity index (χ1) is 13.1. The van der Waals surface area contributed by atoms with Crippen LogP contribution in [0.25, 0.3) is 0 Å². The Balaban J connectivity index is 1.56. The minimum atomic E-state index is -0.105. The summed E-state index contributed by atoms with van der Waals surface area (Å²) >= 11 is 3.17. The largest absolute Gasteiger partial charge is 0.273 e. The average molecular weight is 405 g/mol. The lowest BCUT2D eigenvalue weighted by atomic mass is 10.1. The highest BCUT2D eigenvalue weighted by atomic mass is 32.1. The highest BCUT2D eigenvalue weighted by Crippen LogP contribution is 2.10. The van der Waals surface area contributed by atoms with Gasteiger partial charge in [-0.3, -0.25) is 9.59 Å². The number of hydrazone groups is 2. The number of hydrogen-bond donors (Lipinski definition) is 2. The van der Waals surface area contributed by atoms with Crippen LogP contribution in [0.1, 0.15) is 55.7 Å². The molecule has 2 amide bonds. The first kappa shape index (κ1) is 21.0. The van der Waals surface area contributed by atoms with Gasteiger partial charge < -0.3 is 0 Å². The van der Waals surface area contributed by atoms with Gasteiger partial charge >= 0.3 is 0 Å².